The monoisotopic (exact) mass is 442 g/mol. The number of amides is 1. The highest BCUT2D eigenvalue weighted by Gasteiger charge is 2.22. The Balaban J connectivity index is 1.82. The molecule has 1 heterocycles. The number of para-hydroxylation sites is 1. The Hall–Kier alpha value is -4.06. The second-order valence-corrected chi connectivity index (χ2v) is 7.96. The van der Waals surface area contributed by atoms with Crippen molar-refractivity contribution in [1.82, 2.24) is 4.98 Å². The van der Waals surface area contributed by atoms with Crippen LogP contribution in [0.3, 0.4) is 0 Å². The summed E-state index contributed by atoms with van der Waals surface area (Å²) in [4.78, 5) is 31.2. The van der Waals surface area contributed by atoms with Gasteiger partial charge in [0, 0.05) is 22.3 Å². The first-order valence-corrected chi connectivity index (χ1v) is 10.6. The van der Waals surface area contributed by atoms with E-state index in [4.69, 9.17) is 9.47 Å². The summed E-state index contributed by atoms with van der Waals surface area (Å²) in [5, 5.41) is 0.909. The number of nitrogens with one attached hydrogen (secondary N) is 1. The molecule has 0 saturated carbocycles. The Labute approximate surface area is 192 Å². The van der Waals surface area contributed by atoms with Crippen LogP contribution >= 0.6 is 0 Å². The maximum absolute atomic E-state index is 13.7. The minimum absolute atomic E-state index is 0.122. The van der Waals surface area contributed by atoms with Gasteiger partial charge in [0.1, 0.15) is 0 Å². The number of fused-ring (bicyclic) bond motifs is 1. The molecule has 0 aliphatic carbocycles. The number of H-pyrrole nitrogens is 1. The summed E-state index contributed by atoms with van der Waals surface area (Å²) in [5.41, 5.74) is 4.26. The number of rotatable bonds is 6. The molecule has 6 nitrogen and oxygen atoms in total. The zero-order valence-corrected chi connectivity index (χ0v) is 19.1. The lowest BCUT2D eigenvalue weighted by Gasteiger charge is -2.25. The van der Waals surface area contributed by atoms with Gasteiger partial charge in [-0.25, -0.2) is 0 Å². The second-order valence-electron chi connectivity index (χ2n) is 7.96. The molecule has 0 unspecified atom stereocenters. The van der Waals surface area contributed by atoms with Crippen LogP contribution in [0.15, 0.2) is 71.5 Å². The molecule has 1 amide bonds. The van der Waals surface area contributed by atoms with Crippen LogP contribution in [-0.2, 0) is 6.54 Å². The number of hydrogen-bond acceptors (Lipinski definition) is 4. The number of pyridine rings is 1. The minimum atomic E-state index is -0.240. The number of aromatic nitrogens is 1. The summed E-state index contributed by atoms with van der Waals surface area (Å²) in [6.07, 6.45) is 0. The van der Waals surface area contributed by atoms with E-state index < -0.39 is 0 Å². The number of aromatic amines is 1. The van der Waals surface area contributed by atoms with Gasteiger partial charge in [-0.2, -0.15) is 0 Å². The topological polar surface area (TPSA) is 71.6 Å². The van der Waals surface area contributed by atoms with E-state index in [2.05, 4.69) is 4.98 Å². The Bertz CT molecular complexity index is 1390. The molecule has 0 radical (unpaired) electrons. The molecule has 6 heteroatoms. The molecule has 4 rings (SSSR count). The van der Waals surface area contributed by atoms with Crippen LogP contribution < -0.4 is 19.9 Å². The van der Waals surface area contributed by atoms with Gasteiger partial charge in [-0.15, -0.1) is 0 Å². The first kappa shape index (κ1) is 22.1. The molecule has 0 bridgehead atoms. The molecule has 1 aromatic heterocycles. The fraction of sp³-hybridized carbons (Fsp3) is 0.185. The third kappa shape index (κ3) is 4.46. The normalized spacial score (nSPS) is 10.8. The lowest BCUT2D eigenvalue weighted by molar-refractivity contribution is 0.0984. The van der Waals surface area contributed by atoms with E-state index in [1.807, 2.05) is 62.4 Å². The van der Waals surface area contributed by atoms with E-state index in [-0.39, 0.29) is 18.0 Å². The predicted molar refractivity (Wildman–Crippen MR) is 131 cm³/mol. The summed E-state index contributed by atoms with van der Waals surface area (Å²) < 4.78 is 10.7. The van der Waals surface area contributed by atoms with Gasteiger partial charge in [0.15, 0.2) is 11.5 Å². The van der Waals surface area contributed by atoms with Crippen LogP contribution in [0.25, 0.3) is 10.9 Å². The third-order valence-electron chi connectivity index (χ3n) is 5.68. The van der Waals surface area contributed by atoms with Crippen LogP contribution in [0.4, 0.5) is 5.69 Å². The van der Waals surface area contributed by atoms with Crippen LogP contribution in [0, 0.1) is 13.8 Å². The van der Waals surface area contributed by atoms with Crippen molar-refractivity contribution in [3.8, 4) is 11.5 Å². The number of nitrogens with zero attached hydrogens (tertiary/aromatic N) is 1. The average Bonchev–Trinajstić information content (AvgIpc) is 2.82. The molecule has 0 fully saturated rings. The zero-order chi connectivity index (χ0) is 23.5. The lowest BCUT2D eigenvalue weighted by atomic mass is 10.1. The van der Waals surface area contributed by atoms with Gasteiger partial charge in [-0.1, -0.05) is 35.9 Å². The molecule has 0 atom stereocenters. The van der Waals surface area contributed by atoms with Crippen molar-refractivity contribution in [2.75, 3.05) is 19.1 Å². The van der Waals surface area contributed by atoms with Crippen molar-refractivity contribution >= 4 is 22.5 Å². The number of methoxy groups -OCH3 is 2. The zero-order valence-electron chi connectivity index (χ0n) is 19.1. The summed E-state index contributed by atoms with van der Waals surface area (Å²) in [6, 6.07) is 20.4. The minimum Gasteiger partial charge on any atom is -0.493 e. The van der Waals surface area contributed by atoms with E-state index in [1.54, 1.807) is 30.2 Å². The summed E-state index contributed by atoms with van der Waals surface area (Å²) in [6.45, 7) is 4.09. The molecule has 4 aromatic rings. The summed E-state index contributed by atoms with van der Waals surface area (Å²) in [7, 11) is 3.08. The highest BCUT2D eigenvalue weighted by Crippen LogP contribution is 2.30. The SMILES string of the molecule is COc1ccc(C(=O)N(Cc2cc3ccccc3[nH]c2=O)c2ccc(C)cc2C)cc1OC. The fourth-order valence-corrected chi connectivity index (χ4v) is 3.98. The lowest BCUT2D eigenvalue weighted by Crippen LogP contribution is -2.33. The molecule has 0 spiro atoms. The first-order chi connectivity index (χ1) is 15.9. The molecular weight excluding hydrogens is 416 g/mol. The highest BCUT2D eigenvalue weighted by molar-refractivity contribution is 6.06. The molecule has 0 saturated heterocycles. The van der Waals surface area contributed by atoms with E-state index in [9.17, 15) is 9.59 Å². The summed E-state index contributed by atoms with van der Waals surface area (Å²) >= 11 is 0. The molecule has 33 heavy (non-hydrogen) atoms. The van der Waals surface area contributed by atoms with E-state index in [0.29, 0.717) is 22.6 Å². The van der Waals surface area contributed by atoms with Crippen LogP contribution in [-0.4, -0.2) is 25.1 Å². The number of aryl methyl sites for hydroxylation is 2. The largest absolute Gasteiger partial charge is 0.493 e. The maximum Gasteiger partial charge on any atom is 0.258 e. The number of carbonyl (C=O) groups is 1. The van der Waals surface area contributed by atoms with Crippen molar-refractivity contribution in [3.63, 3.8) is 0 Å². The van der Waals surface area contributed by atoms with Gasteiger partial charge in [0.25, 0.3) is 11.5 Å². The van der Waals surface area contributed by atoms with Crippen LogP contribution in [0.1, 0.15) is 27.0 Å². The van der Waals surface area contributed by atoms with E-state index in [0.717, 1.165) is 27.7 Å². The number of anilines is 1. The van der Waals surface area contributed by atoms with E-state index >= 15 is 0 Å². The van der Waals surface area contributed by atoms with Gasteiger partial charge in [0.05, 0.1) is 20.8 Å². The van der Waals surface area contributed by atoms with Crippen molar-refractivity contribution in [3.05, 3.63) is 99.3 Å². The number of ether oxygens (including phenoxy) is 2. The van der Waals surface area contributed by atoms with Gasteiger partial charge in [0.2, 0.25) is 0 Å². The van der Waals surface area contributed by atoms with Crippen molar-refractivity contribution in [2.24, 2.45) is 0 Å². The van der Waals surface area contributed by atoms with Gasteiger partial charge in [-0.3, -0.25) is 9.59 Å². The standard InChI is InChI=1S/C27H26N2O4/c1-17-9-11-23(18(2)13-17)29(27(31)20-10-12-24(32-3)25(15-20)33-4)16-21-14-19-7-5-6-8-22(19)28-26(21)30/h5-15H,16H2,1-4H3,(H,28,30). The van der Waals surface area contributed by atoms with Crippen LogP contribution in [0.5, 0.6) is 11.5 Å². The van der Waals surface area contributed by atoms with Crippen molar-refractivity contribution < 1.29 is 14.3 Å². The number of hydrogen-bond donors (Lipinski definition) is 1. The second kappa shape index (κ2) is 9.20. The molecule has 3 aromatic carbocycles. The Kier molecular flexibility index (Phi) is 6.18. The smallest absolute Gasteiger partial charge is 0.258 e. The van der Waals surface area contributed by atoms with Gasteiger partial charge in [-0.05, 0) is 61.2 Å². The molecule has 0 aliphatic heterocycles. The molecular formula is C27H26N2O4. The first-order valence-electron chi connectivity index (χ1n) is 10.6. The third-order valence-corrected chi connectivity index (χ3v) is 5.68. The quantitative estimate of drug-likeness (QED) is 0.456. The number of carbonyl (C=O) groups excluding carboxylic acids is 1. The molecule has 0 aliphatic rings. The fourth-order valence-electron chi connectivity index (χ4n) is 3.98. The Morgan fingerprint density at radius 2 is 1.67 bits per heavy atom. The molecule has 168 valence electrons. The maximum atomic E-state index is 13.7. The van der Waals surface area contributed by atoms with Gasteiger partial charge >= 0.3 is 0 Å². The molecule has 1 N–H and O–H groups in total. The highest BCUT2D eigenvalue weighted by atomic mass is 16.5. The number of benzene rings is 3. The average molecular weight is 443 g/mol. The predicted octanol–water partition coefficient (Wildman–Crippen LogP) is 5.01. The Morgan fingerprint density at radius 1 is 0.909 bits per heavy atom. The van der Waals surface area contributed by atoms with Crippen molar-refractivity contribution in [2.45, 2.75) is 20.4 Å². The van der Waals surface area contributed by atoms with Gasteiger partial charge < -0.3 is 19.4 Å². The van der Waals surface area contributed by atoms with Crippen molar-refractivity contribution in [1.29, 1.82) is 0 Å². The van der Waals surface area contributed by atoms with Crippen LogP contribution in [0.2, 0.25) is 0 Å². The summed E-state index contributed by atoms with van der Waals surface area (Å²) in [5.74, 6) is 0.765. The van der Waals surface area contributed by atoms with E-state index in [1.165, 1.54) is 7.11 Å². The Morgan fingerprint density at radius 3 is 2.39 bits per heavy atom.